The highest BCUT2D eigenvalue weighted by Crippen LogP contribution is 2.52. The van der Waals surface area contributed by atoms with Gasteiger partial charge < -0.3 is 10.2 Å². The number of aliphatic hydroxyl groups excluding tert-OH is 1. The number of carboxylic acid groups (broad SMARTS) is 1. The molecule has 16 heavy (non-hydrogen) atoms. The molecule has 3 aliphatic carbocycles. The molecule has 0 radical (unpaired) electrons. The van der Waals surface area contributed by atoms with Gasteiger partial charge in [-0.2, -0.15) is 0 Å². The molecule has 1 fully saturated rings. The molecule has 0 spiro atoms. The maximum atomic E-state index is 9.60. The van der Waals surface area contributed by atoms with Crippen molar-refractivity contribution >= 4 is 5.97 Å². The highest BCUT2D eigenvalue weighted by Gasteiger charge is 2.48. The van der Waals surface area contributed by atoms with Crippen molar-refractivity contribution in [1.29, 1.82) is 0 Å². The maximum Gasteiger partial charge on any atom is 0.303 e. The van der Waals surface area contributed by atoms with Gasteiger partial charge >= 0.3 is 5.97 Å². The van der Waals surface area contributed by atoms with E-state index in [1.807, 2.05) is 6.08 Å². The van der Waals surface area contributed by atoms with Crippen LogP contribution in [0.3, 0.4) is 0 Å². The Kier molecular flexibility index (Phi) is 3.15. The summed E-state index contributed by atoms with van der Waals surface area (Å²) in [5.74, 6) is 1.88. The normalized spacial score (nSPS) is 41.8. The van der Waals surface area contributed by atoms with Crippen LogP contribution in [0.1, 0.15) is 19.8 Å². The Labute approximate surface area is 95.5 Å². The number of hydrogen-bond acceptors (Lipinski definition) is 2. The van der Waals surface area contributed by atoms with Gasteiger partial charge in [-0.15, -0.1) is 0 Å². The smallest absolute Gasteiger partial charge is 0.303 e. The van der Waals surface area contributed by atoms with E-state index in [2.05, 4.69) is 18.2 Å². The van der Waals surface area contributed by atoms with E-state index >= 15 is 0 Å². The molecule has 2 N–H and O–H groups in total. The van der Waals surface area contributed by atoms with Crippen LogP contribution in [0.4, 0.5) is 0 Å². The topological polar surface area (TPSA) is 57.5 Å². The van der Waals surface area contributed by atoms with E-state index in [1.54, 1.807) is 6.92 Å². The van der Waals surface area contributed by atoms with E-state index < -0.39 is 5.97 Å². The van der Waals surface area contributed by atoms with Gasteiger partial charge in [0.05, 0.1) is 6.10 Å². The molecule has 5 atom stereocenters. The molecule has 0 amide bonds. The first-order valence-electron chi connectivity index (χ1n) is 5.90. The van der Waals surface area contributed by atoms with Gasteiger partial charge in [0.25, 0.3) is 0 Å². The Morgan fingerprint density at radius 1 is 1.25 bits per heavy atom. The molecule has 3 aliphatic rings. The quantitative estimate of drug-likeness (QED) is 0.665. The lowest BCUT2D eigenvalue weighted by molar-refractivity contribution is -0.136. The first-order valence-corrected chi connectivity index (χ1v) is 5.90. The first-order chi connectivity index (χ1) is 7.63. The number of rotatable bonds is 1. The average Bonchev–Trinajstić information content (AvgIpc) is 2.92. The van der Waals surface area contributed by atoms with Crippen LogP contribution in [0, 0.1) is 23.7 Å². The summed E-state index contributed by atoms with van der Waals surface area (Å²) in [6, 6.07) is 0. The zero-order chi connectivity index (χ0) is 11.7. The zero-order valence-electron chi connectivity index (χ0n) is 9.41. The zero-order valence-corrected chi connectivity index (χ0v) is 9.41. The lowest BCUT2D eigenvalue weighted by Gasteiger charge is -2.22. The third-order valence-electron chi connectivity index (χ3n) is 3.81. The van der Waals surface area contributed by atoms with Crippen molar-refractivity contribution in [2.45, 2.75) is 25.9 Å². The fourth-order valence-corrected chi connectivity index (χ4v) is 3.02. The van der Waals surface area contributed by atoms with Gasteiger partial charge in [-0.1, -0.05) is 31.2 Å². The monoisotopic (exact) mass is 222 g/mol. The number of aliphatic hydroxyl groups is 1. The molecular weight excluding hydrogens is 204 g/mol. The summed E-state index contributed by atoms with van der Waals surface area (Å²) in [4.78, 5) is 9.37. The van der Waals surface area contributed by atoms with E-state index in [9.17, 15) is 9.90 Å². The van der Waals surface area contributed by atoms with Gasteiger partial charge in [-0.05, 0) is 24.2 Å². The molecule has 5 unspecified atom stereocenters. The summed E-state index contributed by atoms with van der Waals surface area (Å²) in [6.07, 6.45) is 10.2. The van der Waals surface area contributed by atoms with E-state index in [0.29, 0.717) is 17.8 Å². The summed E-state index contributed by atoms with van der Waals surface area (Å²) < 4.78 is 0. The Bertz CT molecular complexity index is 332. The minimum atomic E-state index is -0.745. The molecule has 3 nitrogen and oxygen atoms in total. The van der Waals surface area contributed by atoms with Crippen molar-refractivity contribution in [2.24, 2.45) is 23.7 Å². The maximum absolute atomic E-state index is 9.60. The fourth-order valence-electron chi connectivity index (χ4n) is 3.02. The fraction of sp³-hybridized carbons (Fsp3) is 0.615. The highest BCUT2D eigenvalue weighted by molar-refractivity contribution is 5.66. The number of allylic oxidation sites excluding steroid dienone is 3. The molecule has 3 rings (SSSR count). The Morgan fingerprint density at radius 3 is 2.44 bits per heavy atom. The average molecular weight is 222 g/mol. The van der Waals surface area contributed by atoms with Crippen LogP contribution >= 0.6 is 0 Å². The van der Waals surface area contributed by atoms with Crippen LogP contribution in [0.25, 0.3) is 0 Å². The Morgan fingerprint density at radius 2 is 1.88 bits per heavy atom. The minimum Gasteiger partial charge on any atom is -0.481 e. The van der Waals surface area contributed by atoms with Crippen LogP contribution in [0.5, 0.6) is 0 Å². The first kappa shape index (κ1) is 11.4. The van der Waals surface area contributed by atoms with Crippen LogP contribution in [0.15, 0.2) is 24.3 Å². The molecule has 0 aromatic rings. The highest BCUT2D eigenvalue weighted by atomic mass is 16.4. The van der Waals surface area contributed by atoms with E-state index in [0.717, 1.165) is 5.92 Å². The SMILES string of the molecule is CCC(=O)O.OC1C=CC2C3C=CC(C3)C12. The standard InChI is InChI=1S/C10H12O.C3H6O2/c11-9-4-3-8-6-1-2-7(5-6)10(8)9;1-2-3(4)5/h1-4,6-11H,5H2;2H2,1H3,(H,4,5). The lowest BCUT2D eigenvalue weighted by atomic mass is 9.84. The van der Waals surface area contributed by atoms with Crippen molar-refractivity contribution in [3.05, 3.63) is 24.3 Å². The van der Waals surface area contributed by atoms with Crippen molar-refractivity contribution < 1.29 is 15.0 Å². The number of aliphatic carboxylic acids is 1. The second kappa shape index (κ2) is 4.42. The minimum absolute atomic E-state index is 0.153. The van der Waals surface area contributed by atoms with Crippen molar-refractivity contribution in [3.63, 3.8) is 0 Å². The van der Waals surface area contributed by atoms with Gasteiger partial charge in [0.1, 0.15) is 0 Å². The molecule has 88 valence electrons. The van der Waals surface area contributed by atoms with Gasteiger partial charge in [-0.25, -0.2) is 0 Å². The van der Waals surface area contributed by atoms with Crippen LogP contribution in [-0.4, -0.2) is 22.3 Å². The molecule has 0 heterocycles. The number of carbonyl (C=O) groups is 1. The Hall–Kier alpha value is -1.09. The largest absolute Gasteiger partial charge is 0.481 e. The Balaban J connectivity index is 0.000000168. The molecule has 0 saturated heterocycles. The molecule has 0 aromatic heterocycles. The summed E-state index contributed by atoms with van der Waals surface area (Å²) in [6.45, 7) is 1.60. The summed E-state index contributed by atoms with van der Waals surface area (Å²) in [7, 11) is 0. The second-order valence-corrected chi connectivity index (χ2v) is 4.73. The third kappa shape index (κ3) is 1.92. The predicted octanol–water partition coefficient (Wildman–Crippen LogP) is 1.84. The van der Waals surface area contributed by atoms with Crippen LogP contribution in [-0.2, 0) is 4.79 Å². The summed E-state index contributed by atoms with van der Waals surface area (Å²) in [5.41, 5.74) is 0. The lowest BCUT2D eigenvalue weighted by Crippen LogP contribution is -2.23. The van der Waals surface area contributed by atoms with Crippen LogP contribution in [0.2, 0.25) is 0 Å². The number of fused-ring (bicyclic) bond motifs is 5. The van der Waals surface area contributed by atoms with Crippen LogP contribution < -0.4 is 0 Å². The molecular formula is C13H18O3. The molecule has 0 aromatic carbocycles. The molecule has 1 saturated carbocycles. The third-order valence-corrected chi connectivity index (χ3v) is 3.81. The predicted molar refractivity (Wildman–Crippen MR) is 60.8 cm³/mol. The van der Waals surface area contributed by atoms with Crippen molar-refractivity contribution in [1.82, 2.24) is 0 Å². The van der Waals surface area contributed by atoms with E-state index in [1.165, 1.54) is 6.42 Å². The van der Waals surface area contributed by atoms with Gasteiger partial charge in [-0.3, -0.25) is 4.79 Å². The van der Waals surface area contributed by atoms with E-state index in [4.69, 9.17) is 5.11 Å². The number of hydrogen-bond donors (Lipinski definition) is 2. The van der Waals surface area contributed by atoms with Crippen molar-refractivity contribution in [2.75, 3.05) is 0 Å². The van der Waals surface area contributed by atoms with E-state index in [-0.39, 0.29) is 12.5 Å². The summed E-state index contributed by atoms with van der Waals surface area (Å²) in [5, 5.41) is 17.3. The molecule has 2 bridgehead atoms. The molecule has 3 heteroatoms. The van der Waals surface area contributed by atoms with Gasteiger partial charge in [0, 0.05) is 12.3 Å². The molecule has 0 aliphatic heterocycles. The second-order valence-electron chi connectivity index (χ2n) is 4.73. The van der Waals surface area contributed by atoms with Gasteiger partial charge in [0.2, 0.25) is 0 Å². The van der Waals surface area contributed by atoms with Crippen molar-refractivity contribution in [3.8, 4) is 0 Å². The summed E-state index contributed by atoms with van der Waals surface area (Å²) >= 11 is 0. The number of carboxylic acids is 1. The van der Waals surface area contributed by atoms with Gasteiger partial charge in [0.15, 0.2) is 0 Å².